The highest BCUT2D eigenvalue weighted by atomic mass is 16.5. The van der Waals surface area contributed by atoms with E-state index in [-0.39, 0.29) is 13.2 Å². The fraction of sp³-hybridized carbons (Fsp3) is 0.526. The summed E-state index contributed by atoms with van der Waals surface area (Å²) < 4.78 is 10.8. The van der Waals surface area contributed by atoms with Crippen LogP contribution < -0.4 is 14.4 Å². The van der Waals surface area contributed by atoms with Gasteiger partial charge in [0, 0.05) is 56.6 Å². The van der Waals surface area contributed by atoms with Crippen LogP contribution in [0.1, 0.15) is 6.42 Å². The van der Waals surface area contributed by atoms with Gasteiger partial charge in [-0.3, -0.25) is 9.88 Å². The molecule has 0 bridgehead atoms. The van der Waals surface area contributed by atoms with Gasteiger partial charge in [0.2, 0.25) is 0 Å². The van der Waals surface area contributed by atoms with Crippen LogP contribution >= 0.6 is 0 Å². The lowest BCUT2D eigenvalue weighted by Crippen LogP contribution is -2.32. The van der Waals surface area contributed by atoms with Gasteiger partial charge in [0.05, 0.1) is 33.0 Å². The van der Waals surface area contributed by atoms with Crippen LogP contribution in [-0.4, -0.2) is 80.8 Å². The van der Waals surface area contributed by atoms with Crippen molar-refractivity contribution in [3.05, 3.63) is 24.4 Å². The molecule has 1 heterocycles. The summed E-state index contributed by atoms with van der Waals surface area (Å²) in [4.78, 5) is 8.69. The molecule has 0 atom stereocenters. The Labute approximate surface area is 154 Å². The number of nitrogens with zero attached hydrogens (tertiary/aromatic N) is 3. The molecular formula is C19H29N3O4. The Hall–Kier alpha value is -2.09. The van der Waals surface area contributed by atoms with Gasteiger partial charge in [-0.2, -0.15) is 0 Å². The molecule has 0 fully saturated rings. The van der Waals surface area contributed by atoms with Crippen LogP contribution in [0.2, 0.25) is 0 Å². The van der Waals surface area contributed by atoms with E-state index in [0.29, 0.717) is 24.6 Å². The second-order valence-electron chi connectivity index (χ2n) is 6.12. The third-order valence-electron chi connectivity index (χ3n) is 4.44. The topological polar surface area (TPSA) is 78.3 Å². The molecular weight excluding hydrogens is 334 g/mol. The summed E-state index contributed by atoms with van der Waals surface area (Å²) in [5, 5.41) is 19.2. The summed E-state index contributed by atoms with van der Waals surface area (Å²) in [6.45, 7) is 3.05. The first kappa shape index (κ1) is 20.2. The van der Waals surface area contributed by atoms with Crippen molar-refractivity contribution in [2.45, 2.75) is 6.42 Å². The molecule has 0 aliphatic carbocycles. The first-order valence-electron chi connectivity index (χ1n) is 8.80. The summed E-state index contributed by atoms with van der Waals surface area (Å²) in [6.07, 6.45) is 2.72. The zero-order chi connectivity index (χ0) is 18.9. The molecule has 2 rings (SSSR count). The van der Waals surface area contributed by atoms with E-state index in [2.05, 4.69) is 14.8 Å². The van der Waals surface area contributed by atoms with Gasteiger partial charge in [-0.05, 0) is 18.6 Å². The number of benzene rings is 1. The molecule has 26 heavy (non-hydrogen) atoms. The van der Waals surface area contributed by atoms with E-state index >= 15 is 0 Å². The summed E-state index contributed by atoms with van der Waals surface area (Å²) in [7, 11) is 5.29. The number of hydrogen-bond donors (Lipinski definition) is 2. The Kier molecular flexibility index (Phi) is 7.90. The van der Waals surface area contributed by atoms with Gasteiger partial charge in [0.1, 0.15) is 0 Å². The molecule has 0 saturated carbocycles. The number of methoxy groups -OCH3 is 2. The maximum Gasteiger partial charge on any atom is 0.162 e. The van der Waals surface area contributed by atoms with Gasteiger partial charge < -0.3 is 24.6 Å². The van der Waals surface area contributed by atoms with Crippen LogP contribution in [0.4, 0.5) is 5.69 Å². The van der Waals surface area contributed by atoms with E-state index in [4.69, 9.17) is 19.7 Å². The lowest BCUT2D eigenvalue weighted by atomic mass is 10.1. The molecule has 2 N–H and O–H groups in total. The van der Waals surface area contributed by atoms with Crippen molar-refractivity contribution >= 4 is 16.6 Å². The first-order chi connectivity index (χ1) is 12.6. The molecule has 0 spiro atoms. The molecule has 2 aromatic rings. The number of anilines is 1. The number of aromatic nitrogens is 1. The second kappa shape index (κ2) is 10.2. The van der Waals surface area contributed by atoms with Gasteiger partial charge in [0.15, 0.2) is 11.5 Å². The standard InChI is InChI=1S/C19H29N3O4/c1-21(7-4-8-22(9-11-23)10-12-24)17-5-6-20-16-14-19(26-3)18(25-2)13-15(16)17/h5-6,13-14,23-24H,4,7-12H2,1-3H3. The molecule has 0 aliphatic heterocycles. The summed E-state index contributed by atoms with van der Waals surface area (Å²) >= 11 is 0. The van der Waals surface area contributed by atoms with E-state index in [1.807, 2.05) is 25.2 Å². The molecule has 7 heteroatoms. The lowest BCUT2D eigenvalue weighted by Gasteiger charge is -2.24. The van der Waals surface area contributed by atoms with Crippen molar-refractivity contribution in [2.75, 3.05) is 65.6 Å². The summed E-state index contributed by atoms with van der Waals surface area (Å²) in [6, 6.07) is 5.83. The van der Waals surface area contributed by atoms with Gasteiger partial charge in [-0.15, -0.1) is 0 Å². The average molecular weight is 363 g/mol. The Balaban J connectivity index is 2.13. The maximum atomic E-state index is 9.10. The Morgan fingerprint density at radius 3 is 2.23 bits per heavy atom. The van der Waals surface area contributed by atoms with Crippen molar-refractivity contribution < 1.29 is 19.7 Å². The van der Waals surface area contributed by atoms with Gasteiger partial charge in [-0.1, -0.05) is 0 Å². The normalized spacial score (nSPS) is 11.2. The molecule has 7 nitrogen and oxygen atoms in total. The van der Waals surface area contributed by atoms with Gasteiger partial charge in [0.25, 0.3) is 0 Å². The van der Waals surface area contributed by atoms with Crippen molar-refractivity contribution in [1.82, 2.24) is 9.88 Å². The van der Waals surface area contributed by atoms with Crippen molar-refractivity contribution in [1.29, 1.82) is 0 Å². The highest BCUT2D eigenvalue weighted by molar-refractivity contribution is 5.93. The van der Waals surface area contributed by atoms with E-state index in [1.54, 1.807) is 20.4 Å². The number of aliphatic hydroxyl groups excluding tert-OH is 2. The fourth-order valence-electron chi connectivity index (χ4n) is 3.06. The van der Waals surface area contributed by atoms with E-state index in [0.717, 1.165) is 36.1 Å². The van der Waals surface area contributed by atoms with Crippen LogP contribution in [0.15, 0.2) is 24.4 Å². The number of rotatable bonds is 11. The number of aliphatic hydroxyl groups is 2. The first-order valence-corrected chi connectivity index (χ1v) is 8.80. The van der Waals surface area contributed by atoms with Gasteiger partial charge in [-0.25, -0.2) is 0 Å². The Morgan fingerprint density at radius 2 is 1.62 bits per heavy atom. The number of pyridine rings is 1. The monoisotopic (exact) mass is 363 g/mol. The van der Waals surface area contributed by atoms with Crippen molar-refractivity contribution in [2.24, 2.45) is 0 Å². The Morgan fingerprint density at radius 1 is 0.962 bits per heavy atom. The van der Waals surface area contributed by atoms with E-state index in [1.165, 1.54) is 0 Å². The Bertz CT molecular complexity index is 690. The van der Waals surface area contributed by atoms with E-state index in [9.17, 15) is 0 Å². The minimum Gasteiger partial charge on any atom is -0.493 e. The molecule has 0 amide bonds. The van der Waals surface area contributed by atoms with Crippen LogP contribution in [0, 0.1) is 0 Å². The second-order valence-corrected chi connectivity index (χ2v) is 6.12. The van der Waals surface area contributed by atoms with Gasteiger partial charge >= 0.3 is 0 Å². The largest absolute Gasteiger partial charge is 0.493 e. The SMILES string of the molecule is COc1cc2nccc(N(C)CCCN(CCO)CCO)c2cc1OC. The molecule has 1 aromatic carbocycles. The van der Waals surface area contributed by atoms with E-state index < -0.39 is 0 Å². The fourth-order valence-corrected chi connectivity index (χ4v) is 3.06. The lowest BCUT2D eigenvalue weighted by molar-refractivity contribution is 0.160. The molecule has 0 saturated heterocycles. The molecule has 0 unspecified atom stereocenters. The maximum absolute atomic E-state index is 9.10. The zero-order valence-corrected chi connectivity index (χ0v) is 15.8. The average Bonchev–Trinajstić information content (AvgIpc) is 2.66. The molecule has 144 valence electrons. The minimum atomic E-state index is 0.104. The summed E-state index contributed by atoms with van der Waals surface area (Å²) in [5.74, 6) is 1.34. The number of ether oxygens (including phenoxy) is 2. The highest BCUT2D eigenvalue weighted by Crippen LogP contribution is 2.35. The molecule has 0 radical (unpaired) electrons. The zero-order valence-electron chi connectivity index (χ0n) is 15.8. The third kappa shape index (κ3) is 4.97. The molecule has 0 aliphatic rings. The summed E-state index contributed by atoms with van der Waals surface area (Å²) in [5.41, 5.74) is 1.93. The van der Waals surface area contributed by atoms with Crippen LogP contribution in [0.3, 0.4) is 0 Å². The predicted octanol–water partition coefficient (Wildman–Crippen LogP) is 1.36. The quantitative estimate of drug-likeness (QED) is 0.624. The smallest absolute Gasteiger partial charge is 0.162 e. The van der Waals surface area contributed by atoms with Crippen molar-refractivity contribution in [3.63, 3.8) is 0 Å². The minimum absolute atomic E-state index is 0.104. The highest BCUT2D eigenvalue weighted by Gasteiger charge is 2.12. The van der Waals surface area contributed by atoms with Crippen LogP contribution in [0.25, 0.3) is 10.9 Å². The van der Waals surface area contributed by atoms with Crippen LogP contribution in [-0.2, 0) is 0 Å². The predicted molar refractivity (Wildman–Crippen MR) is 103 cm³/mol. The number of hydrogen-bond acceptors (Lipinski definition) is 7. The van der Waals surface area contributed by atoms with Crippen molar-refractivity contribution in [3.8, 4) is 11.5 Å². The number of fused-ring (bicyclic) bond motifs is 1. The third-order valence-corrected chi connectivity index (χ3v) is 4.44. The molecule has 1 aromatic heterocycles. The van der Waals surface area contributed by atoms with Crippen LogP contribution in [0.5, 0.6) is 11.5 Å².